The first-order valence-electron chi connectivity index (χ1n) is 7.15. The van der Waals surface area contributed by atoms with Crippen LogP contribution in [0.15, 0.2) is 40.0 Å². The van der Waals surface area contributed by atoms with Crippen LogP contribution in [0.3, 0.4) is 0 Å². The van der Waals surface area contributed by atoms with E-state index in [9.17, 15) is 4.79 Å². The maximum absolute atomic E-state index is 12.1. The number of allylic oxidation sites excluding steroid dienone is 1. The van der Waals surface area contributed by atoms with Gasteiger partial charge in [-0.15, -0.1) is 0 Å². The molecule has 21 heavy (non-hydrogen) atoms. The fourth-order valence-corrected chi connectivity index (χ4v) is 3.02. The van der Waals surface area contributed by atoms with E-state index in [0.717, 1.165) is 40.4 Å². The highest BCUT2D eigenvalue weighted by Gasteiger charge is 2.18. The molecule has 1 aromatic carbocycles. The Morgan fingerprint density at radius 3 is 2.57 bits per heavy atom. The molecular weight excluding hydrogens is 396 g/mol. The Bertz CT molecular complexity index is 539. The summed E-state index contributed by atoms with van der Waals surface area (Å²) in [5.41, 5.74) is 0.941. The van der Waals surface area contributed by atoms with Gasteiger partial charge < -0.3 is 4.74 Å². The maximum Gasteiger partial charge on any atom is 0.161 e. The Hall–Kier alpha value is -0.870. The lowest BCUT2D eigenvalue weighted by atomic mass is 9.86. The molecule has 0 radical (unpaired) electrons. The van der Waals surface area contributed by atoms with E-state index in [1.165, 1.54) is 12.7 Å². The molecule has 1 fully saturated rings. The molecule has 1 aliphatic rings. The van der Waals surface area contributed by atoms with Crippen LogP contribution in [0, 0.1) is 5.92 Å². The van der Waals surface area contributed by atoms with E-state index in [4.69, 9.17) is 4.74 Å². The van der Waals surface area contributed by atoms with Gasteiger partial charge in [0.2, 0.25) is 0 Å². The third-order valence-electron chi connectivity index (χ3n) is 3.62. The van der Waals surface area contributed by atoms with Gasteiger partial charge in [-0.1, -0.05) is 37.5 Å². The predicted octanol–water partition coefficient (Wildman–Crippen LogP) is 5.82. The van der Waals surface area contributed by atoms with Gasteiger partial charge in [-0.3, -0.25) is 4.79 Å². The van der Waals surface area contributed by atoms with Gasteiger partial charge in [0.15, 0.2) is 5.78 Å². The van der Waals surface area contributed by atoms with Crippen LogP contribution in [0.4, 0.5) is 0 Å². The Morgan fingerprint density at radius 1 is 1.14 bits per heavy atom. The van der Waals surface area contributed by atoms with Crippen LogP contribution in [-0.2, 0) is 4.79 Å². The van der Waals surface area contributed by atoms with Crippen molar-refractivity contribution in [3.63, 3.8) is 0 Å². The minimum Gasteiger partial charge on any atom is -0.464 e. The zero-order valence-electron chi connectivity index (χ0n) is 11.7. The molecule has 0 amide bonds. The third-order valence-corrected chi connectivity index (χ3v) is 4.08. The number of halogens is 2. The minimum atomic E-state index is 0.185. The normalized spacial score (nSPS) is 15.9. The molecule has 0 unspecified atom stereocenters. The van der Waals surface area contributed by atoms with Crippen molar-refractivity contribution >= 4 is 43.7 Å². The summed E-state index contributed by atoms with van der Waals surface area (Å²) in [5.74, 6) is 1.09. The van der Waals surface area contributed by atoms with Gasteiger partial charge in [0, 0.05) is 17.6 Å². The summed E-state index contributed by atoms with van der Waals surface area (Å²) in [6, 6.07) is 7.68. The summed E-state index contributed by atoms with van der Waals surface area (Å²) >= 11 is 6.68. The maximum atomic E-state index is 12.1. The number of hydrogen-bond acceptors (Lipinski definition) is 2. The smallest absolute Gasteiger partial charge is 0.161 e. The van der Waals surface area contributed by atoms with Crippen molar-refractivity contribution in [1.82, 2.24) is 0 Å². The molecule has 2 rings (SSSR count). The van der Waals surface area contributed by atoms with E-state index in [0.29, 0.717) is 0 Å². The number of benzene rings is 1. The van der Waals surface area contributed by atoms with Crippen LogP contribution in [0.5, 0.6) is 5.75 Å². The van der Waals surface area contributed by atoms with Gasteiger partial charge >= 0.3 is 0 Å². The molecule has 1 aromatic rings. The highest BCUT2D eigenvalue weighted by Crippen LogP contribution is 2.26. The molecule has 0 spiro atoms. The average Bonchev–Trinajstić information content (AvgIpc) is 2.49. The van der Waals surface area contributed by atoms with Crippen molar-refractivity contribution in [2.45, 2.75) is 32.1 Å². The lowest BCUT2D eigenvalue weighted by molar-refractivity contribution is -0.119. The molecule has 0 saturated heterocycles. The zero-order valence-corrected chi connectivity index (χ0v) is 14.9. The number of hydrogen-bond donors (Lipinski definition) is 0. The van der Waals surface area contributed by atoms with Gasteiger partial charge in [0.25, 0.3) is 0 Å². The number of ketones is 1. The highest BCUT2D eigenvalue weighted by atomic mass is 79.9. The highest BCUT2D eigenvalue weighted by molar-refractivity contribution is 9.28. The Kier molecular flexibility index (Phi) is 6.71. The van der Waals surface area contributed by atoms with E-state index in [-0.39, 0.29) is 11.7 Å². The molecule has 1 saturated carbocycles. The Morgan fingerprint density at radius 2 is 1.86 bits per heavy atom. The van der Waals surface area contributed by atoms with E-state index in [1.54, 1.807) is 6.08 Å². The molecular formula is C17H18Br2O2. The van der Waals surface area contributed by atoms with E-state index < -0.39 is 0 Å². The van der Waals surface area contributed by atoms with Crippen LogP contribution < -0.4 is 4.74 Å². The number of carbonyl (C=O) groups is 1. The molecule has 4 heteroatoms. The lowest BCUT2D eigenvalue weighted by Crippen LogP contribution is -2.15. The van der Waals surface area contributed by atoms with Crippen LogP contribution in [0.2, 0.25) is 0 Å². The summed E-state index contributed by atoms with van der Waals surface area (Å²) in [4.78, 5) is 12.1. The standard InChI is InChI=1S/C17H18Br2O2/c18-17(19)12-14-8-4-5-9-16(14)21-11-10-15(20)13-6-2-1-3-7-13/h4-5,8-13H,1-3,6-7H2/b11-10+. The molecule has 0 bridgehead atoms. The molecule has 0 N–H and O–H groups in total. The first-order valence-corrected chi connectivity index (χ1v) is 8.74. The van der Waals surface area contributed by atoms with Crippen molar-refractivity contribution in [1.29, 1.82) is 0 Å². The fraction of sp³-hybridized carbons (Fsp3) is 0.353. The summed E-state index contributed by atoms with van der Waals surface area (Å²) in [6.07, 6.45) is 10.6. The molecule has 112 valence electrons. The third kappa shape index (κ3) is 5.44. The second-order valence-electron chi connectivity index (χ2n) is 5.13. The molecule has 0 heterocycles. The Balaban J connectivity index is 1.97. The van der Waals surface area contributed by atoms with Crippen LogP contribution >= 0.6 is 31.9 Å². The van der Waals surface area contributed by atoms with Gasteiger partial charge in [-0.25, -0.2) is 0 Å². The molecule has 1 aliphatic carbocycles. The van der Waals surface area contributed by atoms with Crippen molar-refractivity contribution in [2.24, 2.45) is 5.92 Å². The topological polar surface area (TPSA) is 26.3 Å². The van der Waals surface area contributed by atoms with Crippen molar-refractivity contribution in [3.05, 3.63) is 45.6 Å². The van der Waals surface area contributed by atoms with E-state index in [1.807, 2.05) is 30.3 Å². The van der Waals surface area contributed by atoms with Crippen LogP contribution in [-0.4, -0.2) is 5.78 Å². The van der Waals surface area contributed by atoms with Crippen LogP contribution in [0.1, 0.15) is 37.7 Å². The molecule has 0 aromatic heterocycles. The second kappa shape index (κ2) is 8.54. The second-order valence-corrected chi connectivity index (χ2v) is 7.90. The average molecular weight is 414 g/mol. The van der Waals surface area contributed by atoms with E-state index >= 15 is 0 Å². The van der Waals surface area contributed by atoms with Crippen molar-refractivity contribution in [3.8, 4) is 5.75 Å². The largest absolute Gasteiger partial charge is 0.464 e. The van der Waals surface area contributed by atoms with E-state index in [2.05, 4.69) is 31.9 Å². The zero-order chi connectivity index (χ0) is 15.1. The number of carbonyl (C=O) groups excluding carboxylic acids is 1. The van der Waals surface area contributed by atoms with Crippen molar-refractivity contribution < 1.29 is 9.53 Å². The van der Waals surface area contributed by atoms with Gasteiger partial charge in [0.05, 0.1) is 9.65 Å². The molecule has 0 aliphatic heterocycles. The lowest BCUT2D eigenvalue weighted by Gasteiger charge is -2.18. The van der Waals surface area contributed by atoms with Crippen molar-refractivity contribution in [2.75, 3.05) is 0 Å². The quantitative estimate of drug-likeness (QED) is 0.449. The molecule has 0 atom stereocenters. The Labute approximate surface area is 142 Å². The summed E-state index contributed by atoms with van der Waals surface area (Å²) < 4.78 is 6.45. The predicted molar refractivity (Wildman–Crippen MR) is 93.6 cm³/mol. The van der Waals surface area contributed by atoms with Gasteiger partial charge in [-0.2, -0.15) is 0 Å². The van der Waals surface area contributed by atoms with Gasteiger partial charge in [0.1, 0.15) is 5.75 Å². The van der Waals surface area contributed by atoms with Gasteiger partial charge in [-0.05, 0) is 56.8 Å². The number of rotatable bonds is 5. The fourth-order valence-electron chi connectivity index (χ4n) is 2.52. The first-order chi connectivity index (χ1) is 10.2. The number of para-hydroxylation sites is 1. The number of ether oxygens (including phenoxy) is 1. The summed E-state index contributed by atoms with van der Waals surface area (Å²) in [5, 5.41) is 0. The SMILES string of the molecule is O=C(/C=C/Oc1ccccc1C=C(Br)Br)C1CCCCC1. The minimum absolute atomic E-state index is 0.185. The first kappa shape index (κ1) is 16.5. The summed E-state index contributed by atoms with van der Waals surface area (Å²) in [7, 11) is 0. The molecule has 2 nitrogen and oxygen atoms in total. The monoisotopic (exact) mass is 412 g/mol. The van der Waals surface area contributed by atoms with Crippen LogP contribution in [0.25, 0.3) is 6.08 Å². The summed E-state index contributed by atoms with van der Waals surface area (Å²) in [6.45, 7) is 0.